The first-order chi connectivity index (χ1) is 35.5. The highest BCUT2D eigenvalue weighted by Crippen LogP contribution is 2.41. The molecule has 4 aromatic rings. The van der Waals surface area contributed by atoms with Crippen LogP contribution in [-0.2, 0) is 56.9 Å². The van der Waals surface area contributed by atoms with Gasteiger partial charge in [-0.1, -0.05) is 234 Å². The van der Waals surface area contributed by atoms with E-state index in [-0.39, 0.29) is 46.7 Å². The molecule has 0 saturated carbocycles. The molecule has 4 aromatic carbocycles. The number of carbonyl (C=O) groups excluding carboxylic acids is 2. The summed E-state index contributed by atoms with van der Waals surface area (Å²) in [4.78, 5) is 25.5. The fourth-order valence-electron chi connectivity index (χ4n) is 8.74. The summed E-state index contributed by atoms with van der Waals surface area (Å²) in [6, 6.07) is 19.4. The van der Waals surface area contributed by atoms with Crippen molar-refractivity contribution < 1.29 is 29.6 Å². The van der Waals surface area contributed by atoms with Crippen LogP contribution in [0.15, 0.2) is 60.7 Å². The Kier molecular flexibility index (Phi) is 33.2. The Morgan fingerprint density at radius 1 is 0.442 bits per heavy atom. The van der Waals surface area contributed by atoms with Crippen LogP contribution in [-0.4, -0.2) is 33.7 Å². The molecule has 0 aliphatic heterocycles. The summed E-state index contributed by atoms with van der Waals surface area (Å²) in [5.41, 5.74) is 8.60. The average Bonchev–Trinajstić information content (AvgIpc) is 3.31. The summed E-state index contributed by atoms with van der Waals surface area (Å²) in [5, 5.41) is 37.8. The van der Waals surface area contributed by atoms with Crippen molar-refractivity contribution in [3.05, 3.63) is 105 Å². The molecular weight excluding hydrogens is 953 g/mol. The van der Waals surface area contributed by atoms with Gasteiger partial charge in [0.15, 0.2) is 0 Å². The number of rotatable bonds is 22. The highest BCUT2D eigenvalue weighted by molar-refractivity contribution is 5.91. The van der Waals surface area contributed by atoms with Gasteiger partial charge in [0.25, 0.3) is 0 Å². The second-order valence-electron chi connectivity index (χ2n) is 25.1. The molecule has 77 heavy (non-hydrogen) atoms. The van der Waals surface area contributed by atoms with Crippen LogP contribution in [0, 0.1) is 0 Å². The van der Waals surface area contributed by atoms with E-state index in [1.165, 1.54) is 57.8 Å². The molecule has 2 amide bonds. The molecule has 0 aliphatic rings. The maximum atomic E-state index is 12.9. The normalized spacial score (nSPS) is 11.4. The van der Waals surface area contributed by atoms with Gasteiger partial charge in [0.2, 0.25) is 11.8 Å². The standard InChI is InChI=1S/C36H57NO3.C26H37NO3.2C3H8.CH4/c1-9-11-12-13-14-15-16-17-23-40-32-21-20-29(26-28(32)18-10-2)37-33(38)22-19-27-24-30(35(3,4)5)34(39)31(25-27)36(6,7)8;1-8-9-18-16-19(11-12-22(18)28)27-23(29)13-10-17-14-20(25(2,3)4)24(30)21(15-17)26(5,6)7;2*1-3-2;/h20-21,24-26,39H,9-19,22-23H2,1-8H3,(H,37,38);11-12,14-16,28,30H,8-10,13H2,1-7H3,(H,27,29);2*3H2,1-2H3;1H4. The first-order valence-electron chi connectivity index (χ1n) is 29.4. The van der Waals surface area contributed by atoms with Gasteiger partial charge >= 0.3 is 0 Å². The van der Waals surface area contributed by atoms with Gasteiger partial charge in [0.1, 0.15) is 23.0 Å². The van der Waals surface area contributed by atoms with E-state index in [2.05, 4.69) is 160 Å². The smallest absolute Gasteiger partial charge is 0.224 e. The van der Waals surface area contributed by atoms with E-state index in [4.69, 9.17) is 4.74 Å². The minimum atomic E-state index is -0.190. The third kappa shape index (κ3) is 27.0. The van der Waals surface area contributed by atoms with Gasteiger partial charge in [-0.25, -0.2) is 0 Å². The summed E-state index contributed by atoms with van der Waals surface area (Å²) < 4.78 is 6.15. The van der Waals surface area contributed by atoms with E-state index in [9.17, 15) is 24.9 Å². The number of amides is 2. The van der Waals surface area contributed by atoms with Crippen LogP contribution in [0.1, 0.15) is 273 Å². The highest BCUT2D eigenvalue weighted by atomic mass is 16.5. The van der Waals surface area contributed by atoms with E-state index in [1.807, 2.05) is 30.3 Å². The number of nitrogens with one attached hydrogen (secondary N) is 2. The second-order valence-corrected chi connectivity index (χ2v) is 25.1. The Morgan fingerprint density at radius 2 is 0.779 bits per heavy atom. The summed E-state index contributed by atoms with van der Waals surface area (Å²) in [6.07, 6.45) is 18.4. The number of unbranched alkanes of at least 4 members (excludes halogenated alkanes) is 7. The maximum Gasteiger partial charge on any atom is 0.224 e. The minimum absolute atomic E-state index is 0. The summed E-state index contributed by atoms with van der Waals surface area (Å²) >= 11 is 0. The van der Waals surface area contributed by atoms with E-state index in [0.29, 0.717) is 42.9 Å². The predicted molar refractivity (Wildman–Crippen MR) is 334 cm³/mol. The van der Waals surface area contributed by atoms with E-state index < -0.39 is 0 Å². The molecule has 0 saturated heterocycles. The van der Waals surface area contributed by atoms with Gasteiger partial charge in [0.05, 0.1) is 6.61 Å². The van der Waals surface area contributed by atoms with Crippen LogP contribution in [0.25, 0.3) is 0 Å². The molecule has 0 fully saturated rings. The molecule has 0 aromatic heterocycles. The zero-order valence-corrected chi connectivity index (χ0v) is 51.8. The molecule has 0 unspecified atom stereocenters. The van der Waals surface area contributed by atoms with Crippen LogP contribution < -0.4 is 15.4 Å². The molecule has 0 aliphatic carbocycles. The third-order valence-electron chi connectivity index (χ3n) is 12.9. The number of hydrogen-bond acceptors (Lipinski definition) is 6. The number of aryl methyl sites for hydroxylation is 4. The third-order valence-corrected chi connectivity index (χ3v) is 12.9. The topological polar surface area (TPSA) is 128 Å². The highest BCUT2D eigenvalue weighted by Gasteiger charge is 2.28. The van der Waals surface area contributed by atoms with E-state index >= 15 is 0 Å². The maximum absolute atomic E-state index is 12.9. The van der Waals surface area contributed by atoms with Crippen LogP contribution in [0.4, 0.5) is 11.4 Å². The lowest BCUT2D eigenvalue weighted by Gasteiger charge is -2.28. The monoisotopic (exact) mass is 1070 g/mol. The molecule has 0 bridgehead atoms. The molecule has 0 spiro atoms. The van der Waals surface area contributed by atoms with Crippen LogP contribution in [0.2, 0.25) is 0 Å². The van der Waals surface area contributed by atoms with Gasteiger partial charge < -0.3 is 30.7 Å². The number of benzene rings is 4. The SMILES string of the molecule is C.CCC.CCC.CCCCCCCCCCOc1ccc(NC(=O)CCc2cc(C(C)(C)C)c(O)c(C(C)(C)C)c2)cc1CCC.CCCc1cc(NC(=O)CCc2cc(C(C)(C)C)c(O)c(C(C)(C)C)c2)ccc1O. The predicted octanol–water partition coefficient (Wildman–Crippen LogP) is 19.7. The van der Waals surface area contributed by atoms with E-state index in [1.54, 1.807) is 12.1 Å². The molecule has 436 valence electrons. The van der Waals surface area contributed by atoms with Gasteiger partial charge in [-0.05, 0) is 135 Å². The lowest BCUT2D eigenvalue weighted by Crippen LogP contribution is -2.18. The zero-order chi connectivity index (χ0) is 57.9. The fourth-order valence-corrected chi connectivity index (χ4v) is 8.74. The molecule has 5 N–H and O–H groups in total. The number of anilines is 2. The number of ether oxygens (including phenoxy) is 1. The summed E-state index contributed by atoms with van der Waals surface area (Å²) in [6.45, 7) is 40.9. The summed E-state index contributed by atoms with van der Waals surface area (Å²) in [5.74, 6) is 1.88. The number of aromatic hydroxyl groups is 3. The zero-order valence-electron chi connectivity index (χ0n) is 51.8. The van der Waals surface area contributed by atoms with Crippen LogP contribution in [0.3, 0.4) is 0 Å². The second kappa shape index (κ2) is 35.5. The molecule has 4 rings (SSSR count). The molecule has 8 heteroatoms. The first-order valence-corrected chi connectivity index (χ1v) is 29.4. The van der Waals surface area contributed by atoms with Crippen molar-refractivity contribution in [2.45, 2.75) is 276 Å². The fraction of sp³-hybridized carbons (Fsp3) is 0.623. The van der Waals surface area contributed by atoms with Crippen molar-refractivity contribution in [1.82, 2.24) is 0 Å². The molecule has 8 nitrogen and oxygen atoms in total. The molecule has 0 heterocycles. The largest absolute Gasteiger partial charge is 0.508 e. The number of hydrogen-bond donors (Lipinski definition) is 5. The molecule has 0 radical (unpaired) electrons. The Labute approximate surface area is 472 Å². The van der Waals surface area contributed by atoms with Crippen LogP contribution >= 0.6 is 0 Å². The number of phenols is 3. The lowest BCUT2D eigenvalue weighted by molar-refractivity contribution is -0.117. The van der Waals surface area contributed by atoms with Crippen molar-refractivity contribution in [3.8, 4) is 23.0 Å². The number of carbonyl (C=O) groups is 2. The van der Waals surface area contributed by atoms with Gasteiger partial charge in [0, 0.05) is 24.2 Å². The Bertz CT molecular complexity index is 2250. The van der Waals surface area contributed by atoms with Crippen LogP contribution in [0.5, 0.6) is 23.0 Å². The lowest BCUT2D eigenvalue weighted by atomic mass is 9.78. The van der Waals surface area contributed by atoms with Crippen molar-refractivity contribution in [3.63, 3.8) is 0 Å². The van der Waals surface area contributed by atoms with Gasteiger partial charge in [-0.3, -0.25) is 9.59 Å². The van der Waals surface area contributed by atoms with Crippen molar-refractivity contribution in [2.75, 3.05) is 17.2 Å². The Morgan fingerprint density at radius 3 is 1.14 bits per heavy atom. The first kappa shape index (κ1) is 72.0. The molecule has 0 atom stereocenters. The van der Waals surface area contributed by atoms with Crippen molar-refractivity contribution in [2.24, 2.45) is 0 Å². The minimum Gasteiger partial charge on any atom is -0.508 e. The average molecular weight is 1070 g/mol. The summed E-state index contributed by atoms with van der Waals surface area (Å²) in [7, 11) is 0. The van der Waals surface area contributed by atoms with Crippen molar-refractivity contribution >= 4 is 23.2 Å². The Hall–Kier alpha value is -4.98. The quantitative estimate of drug-likeness (QED) is 0.0394. The van der Waals surface area contributed by atoms with Crippen molar-refractivity contribution in [1.29, 1.82) is 0 Å². The molecular formula is C69H114N2O6. The Balaban J connectivity index is 0.00000138. The van der Waals surface area contributed by atoms with Gasteiger partial charge in [-0.15, -0.1) is 0 Å². The van der Waals surface area contributed by atoms with Gasteiger partial charge in [-0.2, -0.15) is 0 Å². The van der Waals surface area contributed by atoms with E-state index in [0.717, 1.165) is 94.7 Å². The number of phenolic OH excluding ortho intramolecular Hbond substituents is 3.